The van der Waals surface area contributed by atoms with Crippen LogP contribution in [-0.2, 0) is 21.4 Å². The number of furan rings is 1. The van der Waals surface area contributed by atoms with Crippen LogP contribution < -0.4 is 14.9 Å². The monoisotopic (exact) mass is 557 g/mol. The lowest BCUT2D eigenvalue weighted by Gasteiger charge is -2.24. The number of halogens is 2. The smallest absolute Gasteiger partial charge is 0.264 e. The molecule has 1 heterocycles. The molecule has 0 saturated heterocycles. The number of para-hydroxylation sites is 1. The second-order valence-electron chi connectivity index (χ2n) is 7.78. The lowest BCUT2D eigenvalue weighted by atomic mass is 10.1. The predicted octanol–water partition coefficient (Wildman–Crippen LogP) is 5.35. The maximum Gasteiger partial charge on any atom is 0.264 e. The van der Waals surface area contributed by atoms with Crippen LogP contribution >= 0.6 is 23.2 Å². The number of hydrogen-bond donors (Lipinski definition) is 2. The van der Waals surface area contributed by atoms with Gasteiger partial charge < -0.3 is 15.1 Å². The van der Waals surface area contributed by atoms with E-state index >= 15 is 0 Å². The van der Waals surface area contributed by atoms with Gasteiger partial charge in [-0.2, -0.15) is 0 Å². The first-order valence-electron chi connectivity index (χ1n) is 11.0. The zero-order chi connectivity index (χ0) is 26.4. The molecule has 0 unspecified atom stereocenters. The third-order valence-electron chi connectivity index (χ3n) is 5.26. The van der Waals surface area contributed by atoms with Gasteiger partial charge in [-0.25, -0.2) is 8.42 Å². The molecule has 0 spiro atoms. The van der Waals surface area contributed by atoms with Crippen molar-refractivity contribution in [2.75, 3.05) is 16.2 Å². The van der Waals surface area contributed by atoms with Gasteiger partial charge in [-0.3, -0.25) is 13.9 Å². The average molecular weight is 558 g/mol. The van der Waals surface area contributed by atoms with Gasteiger partial charge in [-0.15, -0.1) is 0 Å². The maximum atomic E-state index is 13.5. The summed E-state index contributed by atoms with van der Waals surface area (Å²) in [5.41, 5.74) is 0.572. The average Bonchev–Trinajstić information content (AvgIpc) is 3.42. The Morgan fingerprint density at radius 3 is 2.30 bits per heavy atom. The molecule has 0 saturated carbocycles. The lowest BCUT2D eigenvalue weighted by molar-refractivity contribution is -0.114. The first-order chi connectivity index (χ1) is 17.8. The van der Waals surface area contributed by atoms with E-state index in [0.717, 1.165) is 4.31 Å². The van der Waals surface area contributed by atoms with E-state index in [9.17, 15) is 18.0 Å². The van der Waals surface area contributed by atoms with E-state index in [-0.39, 0.29) is 38.4 Å². The maximum absolute atomic E-state index is 13.5. The van der Waals surface area contributed by atoms with Crippen LogP contribution in [0.2, 0.25) is 10.0 Å². The summed E-state index contributed by atoms with van der Waals surface area (Å²) in [5.74, 6) is -0.541. The van der Waals surface area contributed by atoms with Crippen LogP contribution in [0.3, 0.4) is 0 Å². The standard InChI is InChI=1S/C26H21Cl2N3O5S/c27-22-13-12-18(15-23(22)28)31(37(34,35)20-8-2-1-3-9-20)17-25(32)30-24-11-5-4-10-21(24)26(33)29-16-19-7-6-14-36-19/h1-15H,16-17H2,(H,29,33)(H,30,32). The summed E-state index contributed by atoms with van der Waals surface area (Å²) >= 11 is 12.1. The second-order valence-corrected chi connectivity index (χ2v) is 10.5. The molecule has 190 valence electrons. The quantitative estimate of drug-likeness (QED) is 0.288. The van der Waals surface area contributed by atoms with E-state index in [1.807, 2.05) is 0 Å². The minimum absolute atomic E-state index is 0.00780. The number of amides is 2. The van der Waals surface area contributed by atoms with Crippen LogP contribution in [0.1, 0.15) is 16.1 Å². The van der Waals surface area contributed by atoms with Gasteiger partial charge in [-0.1, -0.05) is 53.5 Å². The van der Waals surface area contributed by atoms with Crippen LogP contribution in [0.15, 0.2) is 101 Å². The first kappa shape index (κ1) is 26.3. The highest BCUT2D eigenvalue weighted by atomic mass is 35.5. The van der Waals surface area contributed by atoms with Gasteiger partial charge in [0.05, 0.1) is 44.7 Å². The van der Waals surface area contributed by atoms with Crippen LogP contribution in [0.5, 0.6) is 0 Å². The Balaban J connectivity index is 1.58. The van der Waals surface area contributed by atoms with Gasteiger partial charge in [0.15, 0.2) is 0 Å². The van der Waals surface area contributed by atoms with Crippen LogP contribution in [-0.4, -0.2) is 26.8 Å². The molecule has 0 radical (unpaired) electrons. The van der Waals surface area contributed by atoms with Gasteiger partial charge in [0.25, 0.3) is 15.9 Å². The van der Waals surface area contributed by atoms with Crippen LogP contribution in [0.25, 0.3) is 0 Å². The largest absolute Gasteiger partial charge is 0.467 e. The van der Waals surface area contributed by atoms with Crippen molar-refractivity contribution in [1.29, 1.82) is 0 Å². The van der Waals surface area contributed by atoms with E-state index in [2.05, 4.69) is 10.6 Å². The summed E-state index contributed by atoms with van der Waals surface area (Å²) in [5, 5.41) is 5.74. The predicted molar refractivity (Wildman–Crippen MR) is 142 cm³/mol. The minimum Gasteiger partial charge on any atom is -0.467 e. The number of carbonyl (C=O) groups is 2. The molecular formula is C26H21Cl2N3O5S. The molecule has 0 aliphatic rings. The molecule has 2 amide bonds. The van der Waals surface area contributed by atoms with Gasteiger partial charge in [0.2, 0.25) is 5.91 Å². The van der Waals surface area contributed by atoms with Crippen LogP contribution in [0.4, 0.5) is 11.4 Å². The molecule has 0 aliphatic heterocycles. The number of anilines is 2. The third kappa shape index (κ3) is 6.32. The fourth-order valence-electron chi connectivity index (χ4n) is 3.46. The first-order valence-corrected chi connectivity index (χ1v) is 13.2. The van der Waals surface area contributed by atoms with Crippen molar-refractivity contribution in [2.24, 2.45) is 0 Å². The number of carbonyl (C=O) groups excluding carboxylic acids is 2. The van der Waals surface area contributed by atoms with Crippen molar-refractivity contribution >= 4 is 56.4 Å². The number of hydrogen-bond acceptors (Lipinski definition) is 5. The van der Waals surface area contributed by atoms with E-state index in [4.69, 9.17) is 27.6 Å². The molecular weight excluding hydrogens is 537 g/mol. The van der Waals surface area contributed by atoms with Crippen molar-refractivity contribution in [3.8, 4) is 0 Å². The highest BCUT2D eigenvalue weighted by Gasteiger charge is 2.28. The number of benzene rings is 3. The van der Waals surface area contributed by atoms with Crippen LogP contribution in [0, 0.1) is 0 Å². The summed E-state index contributed by atoms with van der Waals surface area (Å²) in [6.45, 7) is -0.425. The molecule has 8 nitrogen and oxygen atoms in total. The Morgan fingerprint density at radius 2 is 1.59 bits per heavy atom. The molecule has 37 heavy (non-hydrogen) atoms. The van der Waals surface area contributed by atoms with Gasteiger partial charge in [0.1, 0.15) is 12.3 Å². The Bertz CT molecular complexity index is 1510. The van der Waals surface area contributed by atoms with E-state index in [1.54, 1.807) is 54.6 Å². The molecule has 0 aliphatic carbocycles. The van der Waals surface area contributed by atoms with Crippen molar-refractivity contribution in [3.63, 3.8) is 0 Å². The summed E-state index contributed by atoms with van der Waals surface area (Å²) in [7, 11) is -4.15. The third-order valence-corrected chi connectivity index (χ3v) is 7.79. The summed E-state index contributed by atoms with van der Waals surface area (Å²) in [6, 6.07) is 21.8. The molecule has 0 bridgehead atoms. The van der Waals surface area contributed by atoms with Gasteiger partial charge in [0, 0.05) is 0 Å². The fraction of sp³-hybridized carbons (Fsp3) is 0.0769. The number of rotatable bonds is 9. The Hall–Kier alpha value is -3.79. The van der Waals surface area contributed by atoms with Gasteiger partial charge in [-0.05, 0) is 54.6 Å². The molecule has 2 N–H and O–H groups in total. The van der Waals surface area contributed by atoms with Crippen molar-refractivity contribution in [1.82, 2.24) is 5.32 Å². The summed E-state index contributed by atoms with van der Waals surface area (Å²) in [4.78, 5) is 25.9. The van der Waals surface area contributed by atoms with E-state index in [1.165, 1.54) is 36.6 Å². The zero-order valence-corrected chi connectivity index (χ0v) is 21.6. The summed E-state index contributed by atoms with van der Waals surface area (Å²) in [6.07, 6.45) is 1.50. The van der Waals surface area contributed by atoms with E-state index in [0.29, 0.717) is 5.76 Å². The van der Waals surface area contributed by atoms with Crippen molar-refractivity contribution in [2.45, 2.75) is 11.4 Å². The Labute approximate surface area is 223 Å². The Morgan fingerprint density at radius 1 is 0.865 bits per heavy atom. The molecule has 1 aromatic heterocycles. The minimum atomic E-state index is -4.15. The molecule has 3 aromatic carbocycles. The Kier molecular flexibility index (Phi) is 8.17. The van der Waals surface area contributed by atoms with Crippen molar-refractivity contribution < 1.29 is 22.4 Å². The molecule has 0 fully saturated rings. The number of nitrogens with one attached hydrogen (secondary N) is 2. The number of sulfonamides is 1. The SMILES string of the molecule is O=C(CN(c1ccc(Cl)c(Cl)c1)S(=O)(=O)c1ccccc1)Nc1ccccc1C(=O)NCc1ccco1. The molecule has 0 atom stereocenters. The highest BCUT2D eigenvalue weighted by Crippen LogP contribution is 2.30. The molecule has 4 rings (SSSR count). The molecule has 11 heteroatoms. The lowest BCUT2D eigenvalue weighted by Crippen LogP contribution is -2.38. The molecule has 4 aromatic rings. The fourth-order valence-corrected chi connectivity index (χ4v) is 5.19. The highest BCUT2D eigenvalue weighted by molar-refractivity contribution is 7.92. The zero-order valence-electron chi connectivity index (χ0n) is 19.2. The topological polar surface area (TPSA) is 109 Å². The van der Waals surface area contributed by atoms with Gasteiger partial charge >= 0.3 is 0 Å². The van der Waals surface area contributed by atoms with Crippen molar-refractivity contribution in [3.05, 3.63) is 113 Å². The van der Waals surface area contributed by atoms with E-state index < -0.39 is 28.4 Å². The number of nitrogens with zero attached hydrogens (tertiary/aromatic N) is 1. The summed E-state index contributed by atoms with van der Waals surface area (Å²) < 4.78 is 33.1. The second kappa shape index (κ2) is 11.5. The normalized spacial score (nSPS) is 11.1.